The number of ether oxygens (including phenoxy) is 1. The number of rotatable bonds is 6. The van der Waals surface area contributed by atoms with Crippen molar-refractivity contribution >= 4 is 34.2 Å². The molecule has 27 heavy (non-hydrogen) atoms. The Balaban J connectivity index is 1.52. The quantitative estimate of drug-likeness (QED) is 0.641. The molecule has 4 nitrogen and oxygen atoms in total. The number of fused-ring (bicyclic) bond motifs is 1. The molecule has 0 aliphatic rings. The van der Waals surface area contributed by atoms with Crippen molar-refractivity contribution in [2.75, 3.05) is 6.61 Å². The van der Waals surface area contributed by atoms with E-state index in [9.17, 15) is 9.59 Å². The first-order valence-corrected chi connectivity index (χ1v) is 9.08. The lowest BCUT2D eigenvalue weighted by molar-refractivity contribution is -0.148. The highest BCUT2D eigenvalue weighted by Gasteiger charge is 2.13. The van der Waals surface area contributed by atoms with E-state index in [1.807, 2.05) is 61.5 Å². The van der Waals surface area contributed by atoms with Gasteiger partial charge >= 0.3 is 5.97 Å². The molecule has 1 atom stereocenters. The lowest BCUT2D eigenvalue weighted by Gasteiger charge is -2.14. The van der Waals surface area contributed by atoms with E-state index in [1.54, 1.807) is 12.1 Å². The van der Waals surface area contributed by atoms with Crippen LogP contribution in [0.2, 0.25) is 5.02 Å². The number of carbonyl (C=O) groups is 2. The second-order valence-corrected chi connectivity index (χ2v) is 6.75. The van der Waals surface area contributed by atoms with Crippen LogP contribution in [-0.4, -0.2) is 18.5 Å². The molecule has 0 aliphatic carbocycles. The number of hydrogen-bond acceptors (Lipinski definition) is 3. The van der Waals surface area contributed by atoms with E-state index in [0.717, 1.165) is 21.9 Å². The highest BCUT2D eigenvalue weighted by Crippen LogP contribution is 2.19. The zero-order chi connectivity index (χ0) is 19.2. The fourth-order valence-corrected chi connectivity index (χ4v) is 3.04. The third-order valence-electron chi connectivity index (χ3n) is 4.33. The van der Waals surface area contributed by atoms with Gasteiger partial charge in [-0.25, -0.2) is 0 Å². The standard InChI is InChI=1S/C22H20ClNO3/c1-15(16-9-11-19(23)12-10-16)24-21(25)14-27-22(26)13-18-7-4-6-17-5-2-3-8-20(17)18/h2-12,15H,13-14H2,1H3,(H,24,25)/t15-/m1/s1. The Morgan fingerprint density at radius 2 is 1.70 bits per heavy atom. The van der Waals surface area contributed by atoms with Crippen molar-refractivity contribution in [3.8, 4) is 0 Å². The van der Waals surface area contributed by atoms with Gasteiger partial charge in [0.1, 0.15) is 0 Å². The molecule has 0 saturated carbocycles. The molecule has 0 radical (unpaired) electrons. The second-order valence-electron chi connectivity index (χ2n) is 6.32. The molecule has 138 valence electrons. The average molecular weight is 382 g/mol. The fourth-order valence-electron chi connectivity index (χ4n) is 2.92. The highest BCUT2D eigenvalue weighted by molar-refractivity contribution is 6.30. The molecule has 0 aromatic heterocycles. The van der Waals surface area contributed by atoms with Gasteiger partial charge in [-0.15, -0.1) is 0 Å². The summed E-state index contributed by atoms with van der Waals surface area (Å²) in [5.41, 5.74) is 1.81. The van der Waals surface area contributed by atoms with Crippen molar-refractivity contribution in [3.63, 3.8) is 0 Å². The topological polar surface area (TPSA) is 55.4 Å². The van der Waals surface area contributed by atoms with E-state index in [1.165, 1.54) is 0 Å². The van der Waals surface area contributed by atoms with Crippen molar-refractivity contribution in [2.45, 2.75) is 19.4 Å². The summed E-state index contributed by atoms with van der Waals surface area (Å²) in [6.45, 7) is 1.56. The summed E-state index contributed by atoms with van der Waals surface area (Å²) >= 11 is 5.86. The zero-order valence-electron chi connectivity index (χ0n) is 14.9. The molecule has 0 fully saturated rings. The normalized spacial score (nSPS) is 11.8. The summed E-state index contributed by atoms with van der Waals surface area (Å²) in [7, 11) is 0. The minimum Gasteiger partial charge on any atom is -0.455 e. The number of nitrogens with one attached hydrogen (secondary N) is 1. The van der Waals surface area contributed by atoms with Gasteiger partial charge in [0, 0.05) is 5.02 Å². The Labute approximate surface area is 163 Å². The van der Waals surface area contributed by atoms with Crippen molar-refractivity contribution < 1.29 is 14.3 Å². The maximum atomic E-state index is 12.1. The first-order chi connectivity index (χ1) is 13.0. The summed E-state index contributed by atoms with van der Waals surface area (Å²) in [4.78, 5) is 24.2. The predicted octanol–water partition coefficient (Wildman–Crippen LogP) is 4.46. The van der Waals surface area contributed by atoms with Crippen LogP contribution in [0.4, 0.5) is 0 Å². The fraction of sp³-hybridized carbons (Fsp3) is 0.182. The van der Waals surface area contributed by atoms with Crippen LogP contribution < -0.4 is 5.32 Å². The Morgan fingerprint density at radius 1 is 1.00 bits per heavy atom. The van der Waals surface area contributed by atoms with Gasteiger partial charge in [0.25, 0.3) is 5.91 Å². The predicted molar refractivity (Wildman–Crippen MR) is 107 cm³/mol. The van der Waals surface area contributed by atoms with Crippen LogP contribution in [0, 0.1) is 0 Å². The Kier molecular flexibility index (Phi) is 6.09. The van der Waals surface area contributed by atoms with Crippen molar-refractivity contribution in [1.29, 1.82) is 0 Å². The number of halogens is 1. The van der Waals surface area contributed by atoms with Gasteiger partial charge in [0.2, 0.25) is 0 Å². The molecular weight excluding hydrogens is 362 g/mol. The van der Waals surface area contributed by atoms with Crippen LogP contribution >= 0.6 is 11.6 Å². The van der Waals surface area contributed by atoms with Crippen molar-refractivity contribution in [1.82, 2.24) is 5.32 Å². The third-order valence-corrected chi connectivity index (χ3v) is 4.58. The van der Waals surface area contributed by atoms with Crippen LogP contribution in [0.3, 0.4) is 0 Å². The molecule has 0 bridgehead atoms. The summed E-state index contributed by atoms with van der Waals surface area (Å²) in [6.07, 6.45) is 0.126. The maximum absolute atomic E-state index is 12.1. The lowest BCUT2D eigenvalue weighted by atomic mass is 10.0. The lowest BCUT2D eigenvalue weighted by Crippen LogP contribution is -2.31. The Hall–Kier alpha value is -2.85. The van der Waals surface area contributed by atoms with Crippen molar-refractivity contribution in [2.24, 2.45) is 0 Å². The summed E-state index contributed by atoms with van der Waals surface area (Å²) in [6, 6.07) is 20.7. The number of hydrogen-bond donors (Lipinski definition) is 1. The summed E-state index contributed by atoms with van der Waals surface area (Å²) in [5, 5.41) is 5.52. The van der Waals surface area contributed by atoms with E-state index >= 15 is 0 Å². The van der Waals surface area contributed by atoms with Crippen LogP contribution in [0.5, 0.6) is 0 Å². The molecule has 0 aliphatic heterocycles. The first-order valence-electron chi connectivity index (χ1n) is 8.70. The summed E-state index contributed by atoms with van der Waals surface area (Å²) in [5.74, 6) is -0.774. The number of carbonyl (C=O) groups excluding carboxylic acids is 2. The first kappa shape index (κ1) is 18.9. The van der Waals surface area contributed by atoms with Crippen molar-refractivity contribution in [3.05, 3.63) is 82.9 Å². The molecular formula is C22H20ClNO3. The van der Waals surface area contributed by atoms with E-state index in [-0.39, 0.29) is 25.0 Å². The van der Waals surface area contributed by atoms with Gasteiger partial charge in [0.05, 0.1) is 12.5 Å². The molecule has 1 N–H and O–H groups in total. The van der Waals surface area contributed by atoms with E-state index in [4.69, 9.17) is 16.3 Å². The monoisotopic (exact) mass is 381 g/mol. The van der Waals surface area contributed by atoms with Crippen LogP contribution in [-0.2, 0) is 20.7 Å². The molecule has 0 spiro atoms. The molecule has 0 saturated heterocycles. The molecule has 3 aromatic rings. The molecule has 0 heterocycles. The van der Waals surface area contributed by atoms with Crippen LogP contribution in [0.25, 0.3) is 10.8 Å². The van der Waals surface area contributed by atoms with E-state index < -0.39 is 5.97 Å². The number of esters is 1. The molecule has 5 heteroatoms. The van der Waals surface area contributed by atoms with Gasteiger partial charge in [0.15, 0.2) is 6.61 Å². The van der Waals surface area contributed by atoms with Gasteiger partial charge in [-0.3, -0.25) is 9.59 Å². The third kappa shape index (κ3) is 5.08. The van der Waals surface area contributed by atoms with Gasteiger partial charge in [-0.1, -0.05) is 66.2 Å². The van der Waals surface area contributed by atoms with E-state index in [0.29, 0.717) is 5.02 Å². The molecule has 3 aromatic carbocycles. The van der Waals surface area contributed by atoms with E-state index in [2.05, 4.69) is 5.32 Å². The van der Waals surface area contributed by atoms with Gasteiger partial charge < -0.3 is 10.1 Å². The molecule has 0 unspecified atom stereocenters. The zero-order valence-corrected chi connectivity index (χ0v) is 15.7. The van der Waals surface area contributed by atoms with Gasteiger partial charge in [-0.05, 0) is 41.0 Å². The van der Waals surface area contributed by atoms with Gasteiger partial charge in [-0.2, -0.15) is 0 Å². The maximum Gasteiger partial charge on any atom is 0.310 e. The number of benzene rings is 3. The van der Waals surface area contributed by atoms with Crippen LogP contribution in [0.1, 0.15) is 24.1 Å². The number of amides is 1. The average Bonchev–Trinajstić information content (AvgIpc) is 2.67. The SMILES string of the molecule is C[C@@H](NC(=O)COC(=O)Cc1cccc2ccccc12)c1ccc(Cl)cc1. The Bertz CT molecular complexity index is 948. The molecule has 3 rings (SSSR count). The smallest absolute Gasteiger partial charge is 0.310 e. The van der Waals surface area contributed by atoms with Crippen LogP contribution in [0.15, 0.2) is 66.7 Å². The highest BCUT2D eigenvalue weighted by atomic mass is 35.5. The minimum absolute atomic E-state index is 0.126. The Morgan fingerprint density at radius 3 is 2.48 bits per heavy atom. The molecule has 1 amide bonds. The minimum atomic E-state index is -0.430. The second kappa shape index (κ2) is 8.69. The summed E-state index contributed by atoms with van der Waals surface area (Å²) < 4.78 is 5.14. The largest absolute Gasteiger partial charge is 0.455 e.